The third-order valence-electron chi connectivity index (χ3n) is 9.38. The largest absolute Gasteiger partial charge is 0.497 e. The number of pyridine rings is 1. The van der Waals surface area contributed by atoms with Crippen molar-refractivity contribution in [1.82, 2.24) is 25.2 Å². The molecule has 2 saturated carbocycles. The third-order valence-corrected chi connectivity index (χ3v) is 11.2. The van der Waals surface area contributed by atoms with Crippen LogP contribution in [0.1, 0.15) is 59.3 Å². The normalized spacial score (nSPS) is 27.9. The number of methoxy groups -OCH3 is 1. The number of carbonyl (C=O) groups excluding carboxylic acids is 4. The van der Waals surface area contributed by atoms with E-state index in [-0.39, 0.29) is 39.0 Å². The second-order valence-electron chi connectivity index (χ2n) is 14.5. The molecule has 1 aromatic carbocycles. The predicted molar refractivity (Wildman–Crippen MR) is 184 cm³/mol. The highest BCUT2D eigenvalue weighted by molar-refractivity contribution is 7.91. The summed E-state index contributed by atoms with van der Waals surface area (Å²) >= 11 is 0. The molecule has 0 unspecified atom stereocenters. The first-order valence-electron chi connectivity index (χ1n) is 17.2. The van der Waals surface area contributed by atoms with Gasteiger partial charge in [-0.25, -0.2) is 18.2 Å². The molecule has 3 N–H and O–H groups in total. The van der Waals surface area contributed by atoms with Crippen LogP contribution in [0.4, 0.5) is 4.79 Å². The number of amides is 4. The average molecular weight is 728 g/mol. The Labute approximate surface area is 296 Å². The van der Waals surface area contributed by atoms with Crippen molar-refractivity contribution >= 4 is 44.6 Å². The monoisotopic (exact) mass is 727 g/mol. The Morgan fingerprint density at radius 1 is 1.14 bits per heavy atom. The molecule has 2 aliphatic heterocycles. The summed E-state index contributed by atoms with van der Waals surface area (Å²) in [5.74, 6) is -1.57. The van der Waals surface area contributed by atoms with Crippen LogP contribution in [-0.4, -0.2) is 104 Å². The number of hydrogen-bond acceptors (Lipinski definition) is 11. The Kier molecular flexibility index (Phi) is 10.2. The summed E-state index contributed by atoms with van der Waals surface area (Å²) < 4.78 is 50.6. The number of carbonyl (C=O) groups is 4. The summed E-state index contributed by atoms with van der Waals surface area (Å²) in [4.78, 5) is 60.9. The minimum Gasteiger partial charge on any atom is -0.497 e. The molecule has 51 heavy (non-hydrogen) atoms. The van der Waals surface area contributed by atoms with Crippen LogP contribution in [0.15, 0.2) is 42.6 Å². The second-order valence-corrected chi connectivity index (χ2v) is 16.4. The number of fused-ring (bicyclic) bond motifs is 3. The fourth-order valence-electron chi connectivity index (χ4n) is 6.52. The molecule has 16 heteroatoms. The first-order valence-corrected chi connectivity index (χ1v) is 18.8. The molecular formula is C35H45N5O10S. The highest BCUT2D eigenvalue weighted by Gasteiger charge is 2.62. The molecule has 4 aliphatic rings. The third kappa shape index (κ3) is 8.38. The van der Waals surface area contributed by atoms with Crippen LogP contribution in [0.2, 0.25) is 0 Å². The first kappa shape index (κ1) is 36.4. The van der Waals surface area contributed by atoms with Crippen molar-refractivity contribution in [2.24, 2.45) is 5.92 Å². The van der Waals surface area contributed by atoms with E-state index in [4.69, 9.17) is 18.9 Å². The van der Waals surface area contributed by atoms with E-state index in [0.29, 0.717) is 36.3 Å². The first-order chi connectivity index (χ1) is 24.2. The van der Waals surface area contributed by atoms with Crippen LogP contribution >= 0.6 is 0 Å². The van der Waals surface area contributed by atoms with Gasteiger partial charge in [-0.15, -0.1) is 0 Å². The maximum Gasteiger partial charge on any atom is 0.408 e. The highest BCUT2D eigenvalue weighted by Crippen LogP contribution is 2.46. The molecule has 1 saturated heterocycles. The van der Waals surface area contributed by atoms with E-state index in [2.05, 4.69) is 20.3 Å². The van der Waals surface area contributed by atoms with Gasteiger partial charge in [0.1, 0.15) is 35.1 Å². The van der Waals surface area contributed by atoms with Gasteiger partial charge in [-0.3, -0.25) is 19.1 Å². The number of nitrogens with zero attached hydrogens (tertiary/aromatic N) is 2. The van der Waals surface area contributed by atoms with E-state index in [9.17, 15) is 27.6 Å². The number of nitrogens with one attached hydrogen (secondary N) is 3. The number of ether oxygens (including phenoxy) is 4. The molecular weight excluding hydrogens is 682 g/mol. The average Bonchev–Trinajstić information content (AvgIpc) is 3.99. The van der Waals surface area contributed by atoms with Gasteiger partial charge in [-0.1, -0.05) is 12.2 Å². The van der Waals surface area contributed by atoms with Crippen molar-refractivity contribution in [2.45, 2.75) is 93.9 Å². The number of benzene rings is 1. The highest BCUT2D eigenvalue weighted by atomic mass is 32.2. The summed E-state index contributed by atoms with van der Waals surface area (Å²) in [6, 6.07) is 5.03. The standard InChI is InChI=1S/C35H45N5O10S/c1-34(2,3)50-33(44)37-27-8-6-16-48-15-5-7-22-19-35(22,32(43)39-51(45,46)25-10-11-25)38-29(41)28-18-24(20-40(28)31(27)42)49-30-26-12-9-23(47-4)17-21(26)13-14-36-30/h5,7,9,12-14,17,22,24-25,27-28H,6,8,10-11,15-16,18-20H2,1-4H3,(H,37,44)(H,38,41)(H,39,43)/b7-5-/t22-,24-,27+,28+,35-/m1/s1. The van der Waals surface area contributed by atoms with Crippen molar-refractivity contribution in [1.29, 1.82) is 0 Å². The van der Waals surface area contributed by atoms with Gasteiger partial charge in [0.15, 0.2) is 0 Å². The van der Waals surface area contributed by atoms with Crippen LogP contribution in [-0.2, 0) is 33.9 Å². The van der Waals surface area contributed by atoms with Gasteiger partial charge in [-0.05, 0) is 82.5 Å². The number of alkyl carbamates (subject to hydrolysis) is 1. The van der Waals surface area contributed by atoms with Crippen LogP contribution in [0.3, 0.4) is 0 Å². The second kappa shape index (κ2) is 14.3. The molecule has 0 bridgehead atoms. The van der Waals surface area contributed by atoms with Crippen LogP contribution in [0, 0.1) is 5.92 Å². The number of hydrogen-bond donors (Lipinski definition) is 3. The molecule has 15 nitrogen and oxygen atoms in total. The van der Waals surface area contributed by atoms with Crippen molar-refractivity contribution in [3.63, 3.8) is 0 Å². The molecule has 4 amide bonds. The summed E-state index contributed by atoms with van der Waals surface area (Å²) in [7, 11) is -2.34. The minimum atomic E-state index is -3.91. The summed E-state index contributed by atoms with van der Waals surface area (Å²) in [6.45, 7) is 5.55. The number of aromatic nitrogens is 1. The number of rotatable bonds is 7. The molecule has 0 spiro atoms. The maximum atomic E-state index is 14.3. The molecule has 2 aromatic rings. The fraction of sp³-hybridized carbons (Fsp3) is 0.571. The predicted octanol–water partition coefficient (Wildman–Crippen LogP) is 2.33. The lowest BCUT2D eigenvalue weighted by Crippen LogP contribution is -2.58. The molecule has 2 aliphatic carbocycles. The Hall–Kier alpha value is -4.44. The summed E-state index contributed by atoms with van der Waals surface area (Å²) in [6.07, 6.45) is 5.26. The van der Waals surface area contributed by atoms with Crippen molar-refractivity contribution in [2.75, 3.05) is 26.9 Å². The minimum absolute atomic E-state index is 0.0344. The van der Waals surface area contributed by atoms with E-state index < -0.39 is 74.3 Å². The molecule has 3 heterocycles. The van der Waals surface area contributed by atoms with Gasteiger partial charge < -0.3 is 34.5 Å². The van der Waals surface area contributed by atoms with Gasteiger partial charge in [-0.2, -0.15) is 0 Å². The number of sulfonamides is 1. The SMILES string of the molecule is COc1ccc2c(O[C@@H]3C[C@H]4C(=O)N[C@]5(C(=O)NS(=O)(=O)C6CC6)C[C@H]5/C=C\COCCC[C@H](NC(=O)OC(C)(C)C)C(=O)N4C3)nccc2c1. The smallest absolute Gasteiger partial charge is 0.408 e. The lowest BCUT2D eigenvalue weighted by molar-refractivity contribution is -0.141. The van der Waals surface area contributed by atoms with Gasteiger partial charge in [0, 0.05) is 30.5 Å². The molecule has 5 atom stereocenters. The van der Waals surface area contributed by atoms with E-state index in [0.717, 1.165) is 5.39 Å². The zero-order valence-electron chi connectivity index (χ0n) is 29.2. The summed E-state index contributed by atoms with van der Waals surface area (Å²) in [5, 5.41) is 6.37. The Morgan fingerprint density at radius 2 is 1.92 bits per heavy atom. The van der Waals surface area contributed by atoms with Crippen LogP contribution in [0.5, 0.6) is 11.6 Å². The van der Waals surface area contributed by atoms with Gasteiger partial charge in [0.2, 0.25) is 27.7 Å². The van der Waals surface area contributed by atoms with Crippen LogP contribution in [0.25, 0.3) is 10.8 Å². The Bertz CT molecular complexity index is 1820. The lowest BCUT2D eigenvalue weighted by atomic mass is 10.1. The summed E-state index contributed by atoms with van der Waals surface area (Å²) in [5.41, 5.74) is -2.37. The van der Waals surface area contributed by atoms with Gasteiger partial charge in [0.05, 0.1) is 25.5 Å². The fourth-order valence-corrected chi connectivity index (χ4v) is 7.88. The van der Waals surface area contributed by atoms with Crippen molar-refractivity contribution in [3.8, 4) is 11.6 Å². The van der Waals surface area contributed by atoms with Crippen molar-refractivity contribution in [3.05, 3.63) is 42.6 Å². The molecule has 276 valence electrons. The van der Waals surface area contributed by atoms with E-state index in [1.807, 2.05) is 18.2 Å². The quantitative estimate of drug-likeness (QED) is 0.355. The van der Waals surface area contributed by atoms with Gasteiger partial charge in [0.25, 0.3) is 5.91 Å². The zero-order valence-corrected chi connectivity index (χ0v) is 30.0. The molecule has 3 fully saturated rings. The zero-order chi connectivity index (χ0) is 36.6. The molecule has 0 radical (unpaired) electrons. The van der Waals surface area contributed by atoms with Crippen LogP contribution < -0.4 is 24.8 Å². The molecule has 1 aromatic heterocycles. The van der Waals surface area contributed by atoms with E-state index in [1.165, 1.54) is 4.90 Å². The Balaban J connectivity index is 1.30. The van der Waals surface area contributed by atoms with E-state index >= 15 is 0 Å². The van der Waals surface area contributed by atoms with Crippen molar-refractivity contribution < 1.29 is 46.5 Å². The molecule has 6 rings (SSSR count). The lowest BCUT2D eigenvalue weighted by Gasteiger charge is -2.30. The Morgan fingerprint density at radius 3 is 2.65 bits per heavy atom. The van der Waals surface area contributed by atoms with Gasteiger partial charge >= 0.3 is 6.09 Å². The maximum absolute atomic E-state index is 14.3. The van der Waals surface area contributed by atoms with E-state index in [1.54, 1.807) is 52.3 Å². The topological polar surface area (TPSA) is 192 Å².